The molecule has 1 aliphatic rings. The lowest BCUT2D eigenvalue weighted by Crippen LogP contribution is -2.47. The molecule has 1 N–H and O–H groups in total. The van der Waals surface area contributed by atoms with Crippen LogP contribution < -0.4 is 10.1 Å². The summed E-state index contributed by atoms with van der Waals surface area (Å²) < 4.78 is 5.29. The van der Waals surface area contributed by atoms with E-state index in [-0.39, 0.29) is 18.0 Å². The van der Waals surface area contributed by atoms with E-state index in [4.69, 9.17) is 4.74 Å². The van der Waals surface area contributed by atoms with Crippen molar-refractivity contribution in [2.45, 2.75) is 32.2 Å². The number of rotatable bonds is 3. The van der Waals surface area contributed by atoms with Crippen molar-refractivity contribution in [3.05, 3.63) is 30.3 Å². The van der Waals surface area contributed by atoms with Gasteiger partial charge in [-0.15, -0.1) is 0 Å². The van der Waals surface area contributed by atoms with Crippen molar-refractivity contribution in [3.8, 4) is 5.75 Å². The summed E-state index contributed by atoms with van der Waals surface area (Å²) in [5.74, 6) is 0.620. The summed E-state index contributed by atoms with van der Waals surface area (Å²) >= 11 is 0. The second-order valence-corrected chi connectivity index (χ2v) is 4.86. The highest BCUT2D eigenvalue weighted by atomic mass is 16.6. The third-order valence-corrected chi connectivity index (χ3v) is 3.39. The first kappa shape index (κ1) is 14.4. The Morgan fingerprint density at radius 2 is 1.90 bits per heavy atom. The summed E-state index contributed by atoms with van der Waals surface area (Å²) in [5.41, 5.74) is 0. The number of piperidine rings is 1. The molecule has 108 valence electrons. The van der Waals surface area contributed by atoms with E-state index in [2.05, 4.69) is 5.32 Å². The van der Waals surface area contributed by atoms with E-state index in [1.54, 1.807) is 17.0 Å². The molecule has 2 amide bonds. The average Bonchev–Trinajstić information content (AvgIpc) is 2.49. The van der Waals surface area contributed by atoms with Gasteiger partial charge in [0, 0.05) is 25.6 Å². The highest BCUT2D eigenvalue weighted by Gasteiger charge is 2.24. The van der Waals surface area contributed by atoms with E-state index in [0.717, 1.165) is 12.8 Å². The van der Waals surface area contributed by atoms with Crippen LogP contribution in [0, 0.1) is 0 Å². The summed E-state index contributed by atoms with van der Waals surface area (Å²) in [4.78, 5) is 25.0. The molecule has 5 heteroatoms. The maximum Gasteiger partial charge on any atom is 0.415 e. The first-order valence-corrected chi connectivity index (χ1v) is 7.00. The number of benzene rings is 1. The Bertz CT molecular complexity index is 453. The van der Waals surface area contributed by atoms with Crippen LogP contribution in [0.1, 0.15) is 26.2 Å². The molecule has 2 rings (SSSR count). The van der Waals surface area contributed by atoms with Gasteiger partial charge in [-0.05, 0) is 25.0 Å². The zero-order valence-electron chi connectivity index (χ0n) is 11.7. The Kier molecular flexibility index (Phi) is 4.98. The monoisotopic (exact) mass is 276 g/mol. The molecular formula is C15H20N2O3. The van der Waals surface area contributed by atoms with Gasteiger partial charge in [-0.1, -0.05) is 25.1 Å². The number of likely N-dealkylation sites (tertiary alicyclic amines) is 1. The van der Waals surface area contributed by atoms with Gasteiger partial charge in [0.15, 0.2) is 0 Å². The number of hydrogen-bond donors (Lipinski definition) is 1. The smallest absolute Gasteiger partial charge is 0.410 e. The summed E-state index contributed by atoms with van der Waals surface area (Å²) in [6.45, 7) is 3.06. The van der Waals surface area contributed by atoms with Gasteiger partial charge in [0.05, 0.1) is 0 Å². The molecular weight excluding hydrogens is 256 g/mol. The van der Waals surface area contributed by atoms with E-state index in [1.807, 2.05) is 25.1 Å². The Morgan fingerprint density at radius 3 is 2.50 bits per heavy atom. The number of hydrogen-bond acceptors (Lipinski definition) is 3. The molecule has 0 aromatic heterocycles. The molecule has 0 unspecified atom stereocenters. The molecule has 1 aromatic rings. The van der Waals surface area contributed by atoms with Crippen LogP contribution in [-0.4, -0.2) is 36.0 Å². The zero-order valence-corrected chi connectivity index (χ0v) is 11.7. The minimum absolute atomic E-state index is 0.0651. The molecule has 1 heterocycles. The van der Waals surface area contributed by atoms with E-state index < -0.39 is 0 Å². The second kappa shape index (κ2) is 6.93. The van der Waals surface area contributed by atoms with Crippen LogP contribution >= 0.6 is 0 Å². The highest BCUT2D eigenvalue weighted by molar-refractivity contribution is 5.76. The van der Waals surface area contributed by atoms with E-state index in [9.17, 15) is 9.59 Å². The zero-order chi connectivity index (χ0) is 14.4. The molecule has 0 saturated carbocycles. The van der Waals surface area contributed by atoms with Gasteiger partial charge in [-0.25, -0.2) is 4.79 Å². The maximum atomic E-state index is 12.0. The van der Waals surface area contributed by atoms with Gasteiger partial charge >= 0.3 is 6.09 Å². The van der Waals surface area contributed by atoms with E-state index in [0.29, 0.717) is 25.3 Å². The molecule has 1 aliphatic heterocycles. The van der Waals surface area contributed by atoms with Crippen molar-refractivity contribution >= 4 is 12.0 Å². The molecule has 0 bridgehead atoms. The first-order valence-electron chi connectivity index (χ1n) is 7.00. The standard InChI is InChI=1S/C15H20N2O3/c1-2-14(18)16-12-8-10-17(11-9-12)15(19)20-13-6-4-3-5-7-13/h3-7,12H,2,8-11H2,1H3,(H,16,18). The summed E-state index contributed by atoms with van der Waals surface area (Å²) in [5, 5.41) is 2.96. The predicted molar refractivity (Wildman–Crippen MR) is 75.5 cm³/mol. The molecule has 5 nitrogen and oxygen atoms in total. The van der Waals surface area contributed by atoms with Gasteiger partial charge < -0.3 is 15.0 Å². The molecule has 1 fully saturated rings. The number of amides is 2. The second-order valence-electron chi connectivity index (χ2n) is 4.86. The number of carbonyl (C=O) groups excluding carboxylic acids is 2. The molecule has 0 spiro atoms. The summed E-state index contributed by atoms with van der Waals surface area (Å²) in [6, 6.07) is 9.21. The van der Waals surface area contributed by atoms with Gasteiger partial charge in [-0.2, -0.15) is 0 Å². The van der Waals surface area contributed by atoms with E-state index >= 15 is 0 Å². The molecule has 1 saturated heterocycles. The fraction of sp³-hybridized carbons (Fsp3) is 0.467. The van der Waals surface area contributed by atoms with Crippen LogP contribution in [0.2, 0.25) is 0 Å². The molecule has 0 atom stereocenters. The third-order valence-electron chi connectivity index (χ3n) is 3.39. The Hall–Kier alpha value is -2.04. The van der Waals surface area contributed by atoms with Crippen molar-refractivity contribution in [1.29, 1.82) is 0 Å². The van der Waals surface area contributed by atoms with Crippen LogP contribution in [0.4, 0.5) is 4.79 Å². The van der Waals surface area contributed by atoms with Gasteiger partial charge in [0.25, 0.3) is 0 Å². The maximum absolute atomic E-state index is 12.0. The Morgan fingerprint density at radius 1 is 1.25 bits per heavy atom. The minimum atomic E-state index is -0.323. The minimum Gasteiger partial charge on any atom is -0.410 e. The summed E-state index contributed by atoms with van der Waals surface area (Å²) in [6.07, 6.45) is 1.72. The number of nitrogens with one attached hydrogen (secondary N) is 1. The Labute approximate surface area is 118 Å². The van der Waals surface area contributed by atoms with Crippen LogP contribution in [0.5, 0.6) is 5.75 Å². The van der Waals surface area contributed by atoms with E-state index in [1.165, 1.54) is 0 Å². The molecule has 0 radical (unpaired) electrons. The highest BCUT2D eigenvalue weighted by Crippen LogP contribution is 2.14. The SMILES string of the molecule is CCC(=O)NC1CCN(C(=O)Oc2ccccc2)CC1. The van der Waals surface area contributed by atoms with Crippen LogP contribution in [0.15, 0.2) is 30.3 Å². The van der Waals surface area contributed by atoms with Gasteiger partial charge in [-0.3, -0.25) is 4.79 Å². The van der Waals surface area contributed by atoms with Crippen molar-refractivity contribution in [3.63, 3.8) is 0 Å². The lowest BCUT2D eigenvalue weighted by molar-refractivity contribution is -0.121. The summed E-state index contributed by atoms with van der Waals surface area (Å²) in [7, 11) is 0. The van der Waals surface area contributed by atoms with Crippen LogP contribution in [-0.2, 0) is 4.79 Å². The van der Waals surface area contributed by atoms with Crippen molar-refractivity contribution in [1.82, 2.24) is 10.2 Å². The topological polar surface area (TPSA) is 58.6 Å². The number of para-hydroxylation sites is 1. The number of ether oxygens (including phenoxy) is 1. The number of carbonyl (C=O) groups is 2. The van der Waals surface area contributed by atoms with Crippen molar-refractivity contribution in [2.75, 3.05) is 13.1 Å². The fourth-order valence-electron chi connectivity index (χ4n) is 2.19. The van der Waals surface area contributed by atoms with Gasteiger partial charge in [0.2, 0.25) is 5.91 Å². The lowest BCUT2D eigenvalue weighted by Gasteiger charge is -2.31. The Balaban J connectivity index is 1.78. The van der Waals surface area contributed by atoms with Gasteiger partial charge in [0.1, 0.15) is 5.75 Å². The normalized spacial score (nSPS) is 15.8. The molecule has 1 aromatic carbocycles. The average molecular weight is 276 g/mol. The molecule has 0 aliphatic carbocycles. The first-order chi connectivity index (χ1) is 9.69. The fourth-order valence-corrected chi connectivity index (χ4v) is 2.19. The predicted octanol–water partition coefficient (Wildman–Crippen LogP) is 2.18. The number of nitrogens with zero attached hydrogens (tertiary/aromatic N) is 1. The molecule has 20 heavy (non-hydrogen) atoms. The quantitative estimate of drug-likeness (QED) is 0.920. The largest absolute Gasteiger partial charge is 0.415 e. The van der Waals surface area contributed by atoms with Crippen molar-refractivity contribution < 1.29 is 14.3 Å². The third kappa shape index (κ3) is 3.98. The lowest BCUT2D eigenvalue weighted by atomic mass is 10.1. The van der Waals surface area contributed by atoms with Crippen LogP contribution in [0.25, 0.3) is 0 Å². The van der Waals surface area contributed by atoms with Crippen LogP contribution in [0.3, 0.4) is 0 Å². The van der Waals surface area contributed by atoms with Crippen molar-refractivity contribution in [2.24, 2.45) is 0 Å².